The average molecular weight is 914 g/mol. The SMILES string of the molecule is CO[C@H]1C[C@@H]2CC[C@@H](C)[C@@](O)(O2)C(=O)C(=O)N2CCCC[C@H]2C(=O)OC([C@H](C)C[C@@H]2CCC(O)[C@H](OC)C2)CC(=O)[C@H](C)/C=C(\C)[C@@H](O)[C@@H](OC)C(=O)[C@H](C)C[C@H](C)/C=C/C=CC=C1C. The number of Topliss-reactive ketones (excluding diaryl/α,β-unsaturated/α-hetero) is 3. The van der Waals surface area contributed by atoms with Gasteiger partial charge in [-0.3, -0.25) is 19.2 Å². The highest BCUT2D eigenvalue weighted by Gasteiger charge is 2.53. The number of cyclic esters (lactones) is 1. The molecular weight excluding hydrogens is 835 g/mol. The molecule has 14 heteroatoms. The predicted octanol–water partition coefficient (Wildman–Crippen LogP) is 6.18. The van der Waals surface area contributed by atoms with Gasteiger partial charge in [-0.1, -0.05) is 71.1 Å². The molecule has 2 bridgehead atoms. The third-order valence-corrected chi connectivity index (χ3v) is 14.5. The summed E-state index contributed by atoms with van der Waals surface area (Å²) >= 11 is 0. The lowest BCUT2D eigenvalue weighted by Crippen LogP contribution is -2.61. The molecule has 2 unspecified atom stereocenters. The molecule has 0 aromatic rings. The van der Waals surface area contributed by atoms with Gasteiger partial charge in [0.05, 0.1) is 24.4 Å². The first-order valence-corrected chi connectivity index (χ1v) is 23.9. The van der Waals surface area contributed by atoms with Crippen LogP contribution >= 0.6 is 0 Å². The van der Waals surface area contributed by atoms with E-state index < -0.39 is 83.9 Å². The van der Waals surface area contributed by atoms with E-state index in [4.69, 9.17) is 23.7 Å². The first kappa shape index (κ1) is 54.2. The maximum Gasteiger partial charge on any atom is 0.329 e. The summed E-state index contributed by atoms with van der Waals surface area (Å²) < 4.78 is 29.4. The number of ketones is 3. The van der Waals surface area contributed by atoms with Crippen LogP contribution < -0.4 is 0 Å². The van der Waals surface area contributed by atoms with E-state index in [9.17, 15) is 39.3 Å². The van der Waals surface area contributed by atoms with Crippen molar-refractivity contribution in [2.24, 2.45) is 35.5 Å². The molecule has 65 heavy (non-hydrogen) atoms. The van der Waals surface area contributed by atoms with Crippen molar-refractivity contribution in [3.8, 4) is 0 Å². The van der Waals surface area contributed by atoms with E-state index in [1.807, 2.05) is 58.1 Å². The zero-order valence-corrected chi connectivity index (χ0v) is 40.6. The summed E-state index contributed by atoms with van der Waals surface area (Å²) in [5.41, 5.74) is 1.27. The molecular formula is C51H79NO13. The molecule has 1 amide bonds. The smallest absolute Gasteiger partial charge is 0.329 e. The molecule has 3 fully saturated rings. The Morgan fingerprint density at radius 1 is 0.846 bits per heavy atom. The highest BCUT2D eigenvalue weighted by molar-refractivity contribution is 6.39. The van der Waals surface area contributed by atoms with Gasteiger partial charge < -0.3 is 43.9 Å². The summed E-state index contributed by atoms with van der Waals surface area (Å²) in [7, 11) is 4.52. The summed E-state index contributed by atoms with van der Waals surface area (Å²) in [5.74, 6) is -7.96. The Hall–Kier alpha value is -3.37. The van der Waals surface area contributed by atoms with E-state index in [-0.39, 0.29) is 54.8 Å². The van der Waals surface area contributed by atoms with Crippen molar-refractivity contribution in [3.63, 3.8) is 0 Å². The molecule has 4 aliphatic rings. The molecule has 3 N–H and O–H groups in total. The number of aliphatic hydroxyl groups excluding tert-OH is 2. The Balaban J connectivity index is 1.70. The summed E-state index contributed by atoms with van der Waals surface area (Å²) in [4.78, 5) is 71.8. The van der Waals surface area contributed by atoms with E-state index in [0.717, 1.165) is 12.0 Å². The summed E-state index contributed by atoms with van der Waals surface area (Å²) in [6, 6.07) is -1.14. The van der Waals surface area contributed by atoms with Gasteiger partial charge >= 0.3 is 5.97 Å². The molecule has 0 aromatic carbocycles. The Morgan fingerprint density at radius 2 is 1.57 bits per heavy atom. The van der Waals surface area contributed by atoms with Crippen molar-refractivity contribution in [1.82, 2.24) is 4.90 Å². The highest BCUT2D eigenvalue weighted by Crippen LogP contribution is 2.38. The number of esters is 1. The van der Waals surface area contributed by atoms with Crippen LogP contribution in [-0.4, -0.2) is 132 Å². The lowest BCUT2D eigenvalue weighted by atomic mass is 9.78. The van der Waals surface area contributed by atoms with Crippen molar-refractivity contribution < 1.29 is 63.0 Å². The summed E-state index contributed by atoms with van der Waals surface area (Å²) in [5, 5.41) is 33.8. The summed E-state index contributed by atoms with van der Waals surface area (Å²) in [6.45, 7) is 12.7. The lowest BCUT2D eigenvalue weighted by Gasteiger charge is -2.42. The fraction of sp³-hybridized carbons (Fsp3) is 0.745. The van der Waals surface area contributed by atoms with Gasteiger partial charge in [0.1, 0.15) is 30.1 Å². The second kappa shape index (κ2) is 25.1. The molecule has 0 spiro atoms. The molecule has 3 heterocycles. The average Bonchev–Trinajstić information content (AvgIpc) is 3.28. The number of amides is 1. The zero-order chi connectivity index (χ0) is 48.2. The fourth-order valence-electron chi connectivity index (χ4n) is 10.1. The van der Waals surface area contributed by atoms with Crippen LogP contribution in [0.15, 0.2) is 47.6 Å². The maximum absolute atomic E-state index is 14.4. The van der Waals surface area contributed by atoms with Crippen molar-refractivity contribution in [1.29, 1.82) is 0 Å². The van der Waals surface area contributed by atoms with Gasteiger partial charge in [-0.2, -0.15) is 0 Å². The number of methoxy groups -OCH3 is 3. The number of aliphatic hydroxyl groups is 3. The third-order valence-electron chi connectivity index (χ3n) is 14.5. The molecule has 14 nitrogen and oxygen atoms in total. The van der Waals surface area contributed by atoms with Crippen LogP contribution in [0, 0.1) is 35.5 Å². The molecule has 366 valence electrons. The Bertz CT molecular complexity index is 1760. The molecule has 0 radical (unpaired) electrons. The van der Waals surface area contributed by atoms with E-state index in [0.29, 0.717) is 63.4 Å². The largest absolute Gasteiger partial charge is 0.460 e. The minimum absolute atomic E-state index is 0.0193. The number of ether oxygens (including phenoxy) is 5. The molecule has 3 aliphatic heterocycles. The Kier molecular flexibility index (Phi) is 21.0. The van der Waals surface area contributed by atoms with E-state index >= 15 is 0 Å². The number of fused-ring (bicyclic) bond motifs is 3. The highest BCUT2D eigenvalue weighted by atomic mass is 16.6. The quantitative estimate of drug-likeness (QED) is 0.156. The maximum atomic E-state index is 14.4. The van der Waals surface area contributed by atoms with Gasteiger partial charge in [-0.25, -0.2) is 4.79 Å². The first-order valence-electron chi connectivity index (χ1n) is 23.9. The Labute approximate surface area is 387 Å². The van der Waals surface area contributed by atoms with Gasteiger partial charge in [0.25, 0.3) is 11.7 Å². The van der Waals surface area contributed by atoms with E-state index in [1.54, 1.807) is 41.1 Å². The van der Waals surface area contributed by atoms with Crippen molar-refractivity contribution >= 4 is 29.2 Å². The van der Waals surface area contributed by atoms with E-state index in [1.165, 1.54) is 12.0 Å². The van der Waals surface area contributed by atoms with Crippen molar-refractivity contribution in [2.45, 2.75) is 180 Å². The van der Waals surface area contributed by atoms with Crippen LogP contribution in [0.4, 0.5) is 0 Å². The van der Waals surface area contributed by atoms with Crippen LogP contribution in [0.2, 0.25) is 0 Å². The normalized spacial score (nSPS) is 39.1. The lowest BCUT2D eigenvalue weighted by molar-refractivity contribution is -0.265. The Morgan fingerprint density at radius 3 is 2.25 bits per heavy atom. The number of piperidine rings is 1. The minimum atomic E-state index is -2.43. The number of rotatable bonds is 6. The predicted molar refractivity (Wildman–Crippen MR) is 245 cm³/mol. The van der Waals surface area contributed by atoms with Crippen LogP contribution in [0.3, 0.4) is 0 Å². The number of nitrogens with zero attached hydrogens (tertiary/aromatic N) is 1. The van der Waals surface area contributed by atoms with Crippen LogP contribution in [0.1, 0.15) is 126 Å². The minimum Gasteiger partial charge on any atom is -0.460 e. The molecule has 1 saturated carbocycles. The zero-order valence-electron chi connectivity index (χ0n) is 40.6. The van der Waals surface area contributed by atoms with Gasteiger partial charge in [0.15, 0.2) is 5.78 Å². The number of hydrogen-bond donors (Lipinski definition) is 3. The van der Waals surface area contributed by atoms with Gasteiger partial charge in [0.2, 0.25) is 5.79 Å². The van der Waals surface area contributed by atoms with Gasteiger partial charge in [-0.05, 0) is 107 Å². The third kappa shape index (κ3) is 14.3. The van der Waals surface area contributed by atoms with Crippen LogP contribution in [-0.2, 0) is 47.7 Å². The molecule has 15 atom stereocenters. The fourth-order valence-corrected chi connectivity index (χ4v) is 10.1. The monoisotopic (exact) mass is 914 g/mol. The van der Waals surface area contributed by atoms with Crippen molar-refractivity contribution in [3.05, 3.63) is 47.6 Å². The first-order chi connectivity index (χ1) is 30.7. The molecule has 2 saturated heterocycles. The standard InChI is InChI=1S/C51H79NO13/c1-30-16-12-11-13-17-31(2)42(61-8)28-38-21-19-36(7)51(60,65-38)48(57)49(58)52-23-15-14-18-39(52)50(59)64-43(33(4)26-37-20-22-40(53)44(27-37)62-9)29-41(54)32(3)25-35(6)46(56)47(63-10)45(55)34(5)24-30/h11-13,16-17,25,30,32-34,36-40,42-44,46-47,53,56,60H,14-15,18-24,26-29H2,1-10H3/b13-11?,16-12+,31-17?,35-25+/t30-,32-,33-,34-,36-,37+,38+,39+,40?,42+,43?,44-,46-,47+,51-/m1/s1. The number of hydrogen-bond acceptors (Lipinski definition) is 13. The van der Waals surface area contributed by atoms with Gasteiger partial charge in [-0.15, -0.1) is 0 Å². The molecule has 4 rings (SSSR count). The topological polar surface area (TPSA) is 195 Å². The van der Waals surface area contributed by atoms with Crippen LogP contribution in [0.25, 0.3) is 0 Å². The number of carbonyl (C=O) groups excluding carboxylic acids is 5. The van der Waals surface area contributed by atoms with E-state index in [2.05, 4.69) is 0 Å². The van der Waals surface area contributed by atoms with Crippen molar-refractivity contribution in [2.75, 3.05) is 27.9 Å². The second-order valence-electron chi connectivity index (χ2n) is 19.6. The second-order valence-corrected chi connectivity index (χ2v) is 19.6. The van der Waals surface area contributed by atoms with Gasteiger partial charge in [0, 0.05) is 58.5 Å². The molecule has 1 aliphatic carbocycles. The van der Waals surface area contributed by atoms with Crippen LogP contribution in [0.5, 0.6) is 0 Å². The molecule has 0 aromatic heterocycles. The number of carbonyl (C=O) groups is 5. The number of allylic oxidation sites excluding steroid dienone is 6. The summed E-state index contributed by atoms with van der Waals surface area (Å²) in [6.07, 6.45) is 11.2.